The molecule has 0 aromatic heterocycles. The van der Waals surface area contributed by atoms with Crippen LogP contribution in [0.3, 0.4) is 0 Å². The maximum absolute atomic E-state index is 11.7. The van der Waals surface area contributed by atoms with Gasteiger partial charge in [0, 0.05) is 17.3 Å². The molecule has 0 atom stereocenters. The lowest BCUT2D eigenvalue weighted by Crippen LogP contribution is -2.06. The van der Waals surface area contributed by atoms with E-state index in [2.05, 4.69) is 5.32 Å². The highest BCUT2D eigenvalue weighted by molar-refractivity contribution is 6.30. The summed E-state index contributed by atoms with van der Waals surface area (Å²) in [7, 11) is 0. The molecule has 0 spiro atoms. The topological polar surface area (TPSA) is 38.3 Å². The van der Waals surface area contributed by atoms with Crippen molar-refractivity contribution in [1.82, 2.24) is 0 Å². The molecule has 0 saturated carbocycles. The maximum atomic E-state index is 11.7. The van der Waals surface area contributed by atoms with Gasteiger partial charge < -0.3 is 10.1 Å². The Morgan fingerprint density at radius 3 is 2.62 bits per heavy atom. The summed E-state index contributed by atoms with van der Waals surface area (Å²) in [5.74, 6) is -0.279. The molecule has 0 aliphatic carbocycles. The third kappa shape index (κ3) is 4.80. The van der Waals surface area contributed by atoms with Gasteiger partial charge in [0.2, 0.25) is 0 Å². The summed E-state index contributed by atoms with van der Waals surface area (Å²) >= 11 is 5.94. The molecule has 0 heterocycles. The third-order valence-corrected chi connectivity index (χ3v) is 3.18. The number of esters is 1. The van der Waals surface area contributed by atoms with Crippen LogP contribution in [0.25, 0.3) is 0 Å². The maximum Gasteiger partial charge on any atom is 0.338 e. The largest absolute Gasteiger partial charge is 0.462 e. The molecule has 2 rings (SSSR count). The summed E-state index contributed by atoms with van der Waals surface area (Å²) in [6, 6.07) is 15.0. The Bertz CT molecular complexity index is 596. The number of nitrogens with one attached hydrogen (secondary N) is 1. The van der Waals surface area contributed by atoms with Gasteiger partial charge in [0.1, 0.15) is 0 Å². The first-order valence-corrected chi connectivity index (χ1v) is 7.32. The fourth-order valence-corrected chi connectivity index (χ4v) is 2.07. The normalized spacial score (nSPS) is 10.2. The predicted molar refractivity (Wildman–Crippen MR) is 85.8 cm³/mol. The lowest BCUT2D eigenvalue weighted by molar-refractivity contribution is 0.0505. The number of ether oxygens (including phenoxy) is 1. The van der Waals surface area contributed by atoms with Gasteiger partial charge >= 0.3 is 5.97 Å². The minimum Gasteiger partial charge on any atom is -0.462 e. The van der Waals surface area contributed by atoms with Crippen LogP contribution in [0.5, 0.6) is 0 Å². The standard InChI is InChI=1S/C17H18ClNO2/c1-2-10-21-17(20)14-6-8-16(9-7-14)19-12-13-4-3-5-15(18)11-13/h3-9,11,19H,2,10,12H2,1H3. The fraction of sp³-hybridized carbons (Fsp3) is 0.235. The van der Waals surface area contributed by atoms with Gasteiger partial charge in [-0.3, -0.25) is 0 Å². The number of hydrogen-bond acceptors (Lipinski definition) is 3. The second-order valence-corrected chi connectivity index (χ2v) is 5.13. The molecule has 21 heavy (non-hydrogen) atoms. The average Bonchev–Trinajstić information content (AvgIpc) is 2.51. The second kappa shape index (κ2) is 7.70. The molecule has 0 fully saturated rings. The van der Waals surface area contributed by atoms with Gasteiger partial charge in [-0.05, 0) is 48.4 Å². The van der Waals surface area contributed by atoms with E-state index in [0.717, 1.165) is 22.7 Å². The van der Waals surface area contributed by atoms with Crippen molar-refractivity contribution in [1.29, 1.82) is 0 Å². The molecule has 1 N–H and O–H groups in total. The van der Waals surface area contributed by atoms with Crippen LogP contribution >= 0.6 is 11.6 Å². The number of hydrogen-bond donors (Lipinski definition) is 1. The number of rotatable bonds is 6. The van der Waals surface area contributed by atoms with Gasteiger partial charge in [0.25, 0.3) is 0 Å². The molecule has 0 aliphatic heterocycles. The Balaban J connectivity index is 1.92. The van der Waals surface area contributed by atoms with Crippen molar-refractivity contribution in [3.8, 4) is 0 Å². The average molecular weight is 304 g/mol. The van der Waals surface area contributed by atoms with Crippen LogP contribution in [0, 0.1) is 0 Å². The molecule has 0 bridgehead atoms. The van der Waals surface area contributed by atoms with E-state index in [4.69, 9.17) is 16.3 Å². The Morgan fingerprint density at radius 2 is 1.95 bits per heavy atom. The van der Waals surface area contributed by atoms with E-state index in [1.807, 2.05) is 43.3 Å². The van der Waals surface area contributed by atoms with Crippen LogP contribution in [0.1, 0.15) is 29.3 Å². The van der Waals surface area contributed by atoms with Crippen molar-refractivity contribution in [2.45, 2.75) is 19.9 Å². The zero-order valence-corrected chi connectivity index (χ0v) is 12.7. The number of anilines is 1. The van der Waals surface area contributed by atoms with Crippen molar-refractivity contribution in [3.63, 3.8) is 0 Å². The summed E-state index contributed by atoms with van der Waals surface area (Å²) in [6.45, 7) is 3.10. The zero-order valence-electron chi connectivity index (χ0n) is 11.9. The zero-order chi connectivity index (χ0) is 15.1. The Hall–Kier alpha value is -2.00. The first-order valence-electron chi connectivity index (χ1n) is 6.94. The highest BCUT2D eigenvalue weighted by Gasteiger charge is 2.06. The van der Waals surface area contributed by atoms with Crippen LogP contribution in [0.15, 0.2) is 48.5 Å². The van der Waals surface area contributed by atoms with E-state index in [-0.39, 0.29) is 5.97 Å². The van der Waals surface area contributed by atoms with Gasteiger partial charge in [-0.15, -0.1) is 0 Å². The van der Waals surface area contributed by atoms with Crippen molar-refractivity contribution < 1.29 is 9.53 Å². The lowest BCUT2D eigenvalue weighted by Gasteiger charge is -2.08. The fourth-order valence-electron chi connectivity index (χ4n) is 1.85. The Labute approximate surface area is 129 Å². The first kappa shape index (κ1) is 15.4. The molecular formula is C17H18ClNO2. The summed E-state index contributed by atoms with van der Waals surface area (Å²) < 4.78 is 5.09. The van der Waals surface area contributed by atoms with Crippen LogP contribution < -0.4 is 5.32 Å². The van der Waals surface area contributed by atoms with Crippen molar-refractivity contribution in [2.24, 2.45) is 0 Å². The Morgan fingerprint density at radius 1 is 1.19 bits per heavy atom. The van der Waals surface area contributed by atoms with E-state index in [1.54, 1.807) is 12.1 Å². The van der Waals surface area contributed by atoms with E-state index >= 15 is 0 Å². The molecule has 0 aliphatic rings. The number of benzene rings is 2. The second-order valence-electron chi connectivity index (χ2n) is 4.70. The molecule has 3 nitrogen and oxygen atoms in total. The minimum absolute atomic E-state index is 0.279. The van der Waals surface area contributed by atoms with Crippen LogP contribution in [-0.2, 0) is 11.3 Å². The van der Waals surface area contributed by atoms with Gasteiger partial charge in [-0.25, -0.2) is 4.79 Å². The SMILES string of the molecule is CCCOC(=O)c1ccc(NCc2cccc(Cl)c2)cc1. The van der Waals surface area contributed by atoms with E-state index < -0.39 is 0 Å². The molecule has 2 aromatic rings. The smallest absolute Gasteiger partial charge is 0.338 e. The number of halogens is 1. The van der Waals surface area contributed by atoms with Crippen LogP contribution in [0.2, 0.25) is 5.02 Å². The monoisotopic (exact) mass is 303 g/mol. The molecule has 0 unspecified atom stereocenters. The van der Waals surface area contributed by atoms with Gasteiger partial charge in [0.05, 0.1) is 12.2 Å². The third-order valence-electron chi connectivity index (χ3n) is 2.94. The predicted octanol–water partition coefficient (Wildman–Crippen LogP) is 4.52. The molecule has 2 aromatic carbocycles. The molecule has 0 radical (unpaired) electrons. The first-order chi connectivity index (χ1) is 10.2. The van der Waals surface area contributed by atoms with Crippen LogP contribution in [0.4, 0.5) is 5.69 Å². The van der Waals surface area contributed by atoms with Gasteiger partial charge in [-0.1, -0.05) is 30.7 Å². The highest BCUT2D eigenvalue weighted by Crippen LogP contribution is 2.14. The van der Waals surface area contributed by atoms with E-state index in [9.17, 15) is 4.79 Å². The minimum atomic E-state index is -0.279. The summed E-state index contributed by atoms with van der Waals surface area (Å²) in [6.07, 6.45) is 0.824. The molecule has 4 heteroatoms. The summed E-state index contributed by atoms with van der Waals surface area (Å²) in [5.41, 5.74) is 2.62. The Kier molecular flexibility index (Phi) is 5.64. The van der Waals surface area contributed by atoms with Crippen molar-refractivity contribution in [2.75, 3.05) is 11.9 Å². The number of carbonyl (C=O) groups excluding carboxylic acids is 1. The van der Waals surface area contributed by atoms with E-state index in [1.165, 1.54) is 0 Å². The lowest BCUT2D eigenvalue weighted by atomic mass is 10.2. The van der Waals surface area contributed by atoms with Gasteiger partial charge in [-0.2, -0.15) is 0 Å². The van der Waals surface area contributed by atoms with Crippen molar-refractivity contribution >= 4 is 23.3 Å². The molecule has 0 amide bonds. The van der Waals surface area contributed by atoms with E-state index in [0.29, 0.717) is 18.7 Å². The number of carbonyl (C=O) groups is 1. The summed E-state index contributed by atoms with van der Waals surface area (Å²) in [4.78, 5) is 11.7. The van der Waals surface area contributed by atoms with Gasteiger partial charge in [0.15, 0.2) is 0 Å². The quantitative estimate of drug-likeness (QED) is 0.797. The molecular weight excluding hydrogens is 286 g/mol. The van der Waals surface area contributed by atoms with Crippen LogP contribution in [-0.4, -0.2) is 12.6 Å². The van der Waals surface area contributed by atoms with Crippen molar-refractivity contribution in [3.05, 3.63) is 64.7 Å². The highest BCUT2D eigenvalue weighted by atomic mass is 35.5. The molecule has 0 saturated heterocycles. The molecule has 110 valence electrons. The summed E-state index contributed by atoms with van der Waals surface area (Å²) in [5, 5.41) is 4.01.